The second-order valence-electron chi connectivity index (χ2n) is 4.25. The Morgan fingerprint density at radius 1 is 1.56 bits per heavy atom. The SMILES string of the molecule is COC(=O)C(Nc1ccccc1F)C1CCSC1. The number of anilines is 1. The molecular weight excluding hydrogens is 253 g/mol. The molecule has 0 spiro atoms. The van der Waals surface area contributed by atoms with Crippen molar-refractivity contribution in [3.63, 3.8) is 0 Å². The number of esters is 1. The number of benzene rings is 1. The van der Waals surface area contributed by atoms with Crippen molar-refractivity contribution in [1.29, 1.82) is 0 Å². The van der Waals surface area contributed by atoms with Gasteiger partial charge in [-0.15, -0.1) is 0 Å². The Kier molecular flexibility index (Phi) is 4.47. The van der Waals surface area contributed by atoms with Gasteiger partial charge in [0.05, 0.1) is 12.8 Å². The molecule has 1 aromatic rings. The highest BCUT2D eigenvalue weighted by molar-refractivity contribution is 7.99. The van der Waals surface area contributed by atoms with Crippen LogP contribution in [-0.4, -0.2) is 30.6 Å². The van der Waals surface area contributed by atoms with Crippen LogP contribution in [0.5, 0.6) is 0 Å². The third-order valence-corrected chi connectivity index (χ3v) is 4.26. The first-order chi connectivity index (χ1) is 8.72. The van der Waals surface area contributed by atoms with E-state index in [9.17, 15) is 9.18 Å². The third kappa shape index (κ3) is 2.96. The Balaban J connectivity index is 2.14. The predicted molar refractivity (Wildman–Crippen MR) is 71.3 cm³/mol. The van der Waals surface area contributed by atoms with Crippen LogP contribution < -0.4 is 5.32 Å². The number of hydrogen-bond acceptors (Lipinski definition) is 4. The summed E-state index contributed by atoms with van der Waals surface area (Å²) < 4.78 is 18.4. The van der Waals surface area contributed by atoms with Gasteiger partial charge in [0.2, 0.25) is 0 Å². The van der Waals surface area contributed by atoms with E-state index in [-0.39, 0.29) is 17.7 Å². The smallest absolute Gasteiger partial charge is 0.328 e. The summed E-state index contributed by atoms with van der Waals surface area (Å²) in [5, 5.41) is 2.98. The fourth-order valence-corrected chi connectivity index (χ4v) is 3.36. The monoisotopic (exact) mass is 269 g/mol. The first kappa shape index (κ1) is 13.2. The molecule has 0 amide bonds. The zero-order valence-electron chi connectivity index (χ0n) is 10.2. The van der Waals surface area contributed by atoms with Gasteiger partial charge in [-0.3, -0.25) is 0 Å². The Hall–Kier alpha value is -1.23. The molecule has 1 aromatic carbocycles. The molecule has 0 bridgehead atoms. The molecule has 2 atom stereocenters. The van der Waals surface area contributed by atoms with Crippen LogP contribution in [0.15, 0.2) is 24.3 Å². The maximum atomic E-state index is 13.6. The van der Waals surface area contributed by atoms with Crippen LogP contribution in [0.2, 0.25) is 0 Å². The van der Waals surface area contributed by atoms with Crippen LogP contribution in [0.25, 0.3) is 0 Å². The second kappa shape index (κ2) is 6.09. The normalized spacial score (nSPS) is 20.4. The highest BCUT2D eigenvalue weighted by Gasteiger charge is 2.32. The van der Waals surface area contributed by atoms with E-state index < -0.39 is 6.04 Å². The van der Waals surface area contributed by atoms with Gasteiger partial charge in [-0.1, -0.05) is 12.1 Å². The number of hydrogen-bond donors (Lipinski definition) is 1. The summed E-state index contributed by atoms with van der Waals surface area (Å²) in [6.07, 6.45) is 0.950. The summed E-state index contributed by atoms with van der Waals surface area (Å²) in [4.78, 5) is 11.8. The highest BCUT2D eigenvalue weighted by atomic mass is 32.2. The van der Waals surface area contributed by atoms with Crippen LogP contribution in [0.4, 0.5) is 10.1 Å². The Morgan fingerprint density at radius 2 is 2.33 bits per heavy atom. The maximum Gasteiger partial charge on any atom is 0.328 e. The summed E-state index contributed by atoms with van der Waals surface area (Å²) in [5.41, 5.74) is 0.352. The van der Waals surface area contributed by atoms with Crippen LogP contribution in [0, 0.1) is 11.7 Å². The molecule has 1 fully saturated rings. The molecule has 98 valence electrons. The summed E-state index contributed by atoms with van der Waals surface area (Å²) in [7, 11) is 1.36. The van der Waals surface area contributed by atoms with E-state index in [2.05, 4.69) is 5.32 Å². The van der Waals surface area contributed by atoms with E-state index in [1.165, 1.54) is 13.2 Å². The number of nitrogens with one attached hydrogen (secondary N) is 1. The second-order valence-corrected chi connectivity index (χ2v) is 5.40. The molecule has 1 N–H and O–H groups in total. The molecule has 3 nitrogen and oxygen atoms in total. The molecule has 1 saturated heterocycles. The van der Waals surface area contributed by atoms with Crippen molar-refractivity contribution in [2.24, 2.45) is 5.92 Å². The van der Waals surface area contributed by atoms with Crippen LogP contribution >= 0.6 is 11.8 Å². The van der Waals surface area contributed by atoms with Crippen LogP contribution in [0.3, 0.4) is 0 Å². The minimum Gasteiger partial charge on any atom is -0.467 e. The van der Waals surface area contributed by atoms with Crippen molar-refractivity contribution >= 4 is 23.4 Å². The first-order valence-electron chi connectivity index (χ1n) is 5.89. The minimum atomic E-state index is -0.470. The molecule has 18 heavy (non-hydrogen) atoms. The number of rotatable bonds is 4. The molecule has 2 rings (SSSR count). The quantitative estimate of drug-likeness (QED) is 0.852. The van der Waals surface area contributed by atoms with Gasteiger partial charge < -0.3 is 10.1 Å². The maximum absolute atomic E-state index is 13.6. The Morgan fingerprint density at radius 3 is 2.94 bits per heavy atom. The lowest BCUT2D eigenvalue weighted by Crippen LogP contribution is -2.38. The van der Waals surface area contributed by atoms with E-state index in [1.54, 1.807) is 18.2 Å². The van der Waals surface area contributed by atoms with Gasteiger partial charge >= 0.3 is 5.97 Å². The average Bonchev–Trinajstić information content (AvgIpc) is 2.90. The minimum absolute atomic E-state index is 0.196. The standard InChI is InChI=1S/C13H16FNO2S/c1-17-13(16)12(9-6-7-18-8-9)15-11-5-3-2-4-10(11)14/h2-5,9,12,15H,6-8H2,1H3. The van der Waals surface area contributed by atoms with Gasteiger partial charge in [0.25, 0.3) is 0 Å². The van der Waals surface area contributed by atoms with E-state index in [1.807, 2.05) is 11.8 Å². The average molecular weight is 269 g/mol. The predicted octanol–water partition coefficient (Wildman–Crippen LogP) is 2.53. The summed E-state index contributed by atoms with van der Waals surface area (Å²) in [5.74, 6) is 1.46. The zero-order valence-corrected chi connectivity index (χ0v) is 11.0. The number of ether oxygens (including phenoxy) is 1. The van der Waals surface area contributed by atoms with E-state index >= 15 is 0 Å². The number of para-hydroxylation sites is 1. The molecular formula is C13H16FNO2S. The van der Waals surface area contributed by atoms with E-state index in [0.29, 0.717) is 5.69 Å². The summed E-state index contributed by atoms with van der Waals surface area (Å²) >= 11 is 1.81. The molecule has 0 radical (unpaired) electrons. The molecule has 2 unspecified atom stereocenters. The van der Waals surface area contributed by atoms with Crippen molar-refractivity contribution in [3.05, 3.63) is 30.1 Å². The van der Waals surface area contributed by atoms with E-state index in [4.69, 9.17) is 4.74 Å². The number of halogens is 1. The fraction of sp³-hybridized carbons (Fsp3) is 0.462. The van der Waals surface area contributed by atoms with Crippen molar-refractivity contribution < 1.29 is 13.9 Å². The van der Waals surface area contributed by atoms with Gasteiger partial charge in [-0.05, 0) is 36.0 Å². The van der Waals surface area contributed by atoms with Gasteiger partial charge in [0, 0.05) is 0 Å². The van der Waals surface area contributed by atoms with Crippen molar-refractivity contribution in [3.8, 4) is 0 Å². The fourth-order valence-electron chi connectivity index (χ4n) is 2.06. The highest BCUT2D eigenvalue weighted by Crippen LogP contribution is 2.29. The number of carbonyl (C=O) groups excluding carboxylic acids is 1. The lowest BCUT2D eigenvalue weighted by molar-refractivity contribution is -0.142. The van der Waals surface area contributed by atoms with Gasteiger partial charge in [-0.2, -0.15) is 11.8 Å². The molecule has 0 aromatic heterocycles. The third-order valence-electron chi connectivity index (χ3n) is 3.08. The lowest BCUT2D eigenvalue weighted by Gasteiger charge is -2.23. The van der Waals surface area contributed by atoms with Gasteiger partial charge in [0.15, 0.2) is 0 Å². The Labute approximate surface area is 110 Å². The number of methoxy groups -OCH3 is 1. The lowest BCUT2D eigenvalue weighted by atomic mass is 9.99. The molecule has 1 aliphatic heterocycles. The molecule has 1 aliphatic rings. The molecule has 0 aliphatic carbocycles. The molecule has 0 saturated carbocycles. The Bertz CT molecular complexity index is 421. The number of carbonyl (C=O) groups is 1. The topological polar surface area (TPSA) is 38.3 Å². The van der Waals surface area contributed by atoms with Gasteiger partial charge in [-0.25, -0.2) is 9.18 Å². The van der Waals surface area contributed by atoms with Crippen LogP contribution in [-0.2, 0) is 9.53 Å². The first-order valence-corrected chi connectivity index (χ1v) is 7.04. The van der Waals surface area contributed by atoms with Gasteiger partial charge in [0.1, 0.15) is 11.9 Å². The van der Waals surface area contributed by atoms with Crippen LogP contribution in [0.1, 0.15) is 6.42 Å². The summed E-state index contributed by atoms with van der Waals surface area (Å²) in [6.45, 7) is 0. The molecule has 5 heteroatoms. The van der Waals surface area contributed by atoms with Crippen molar-refractivity contribution in [1.82, 2.24) is 0 Å². The van der Waals surface area contributed by atoms with E-state index in [0.717, 1.165) is 17.9 Å². The van der Waals surface area contributed by atoms with Crippen molar-refractivity contribution in [2.45, 2.75) is 12.5 Å². The van der Waals surface area contributed by atoms with Crippen molar-refractivity contribution in [2.75, 3.05) is 23.9 Å². The molecule has 1 heterocycles. The summed E-state index contributed by atoms with van der Waals surface area (Å²) in [6, 6.07) is 5.90. The zero-order chi connectivity index (χ0) is 13.0. The largest absolute Gasteiger partial charge is 0.467 e. The number of thioether (sulfide) groups is 1.